The maximum Gasteiger partial charge on any atom is 0.387 e. The summed E-state index contributed by atoms with van der Waals surface area (Å²) in [5.74, 6) is -1.31. The van der Waals surface area contributed by atoms with Crippen molar-refractivity contribution in [2.75, 3.05) is 0 Å². The molecule has 19 heavy (non-hydrogen) atoms. The minimum atomic E-state index is -3.11. The van der Waals surface area contributed by atoms with Crippen molar-refractivity contribution in [2.45, 2.75) is 6.61 Å². The number of nitrogens with zero attached hydrogens (tertiary/aromatic N) is 1. The molecule has 0 unspecified atom stereocenters. The minimum Gasteiger partial charge on any atom is -0.619 e. The van der Waals surface area contributed by atoms with Gasteiger partial charge in [-0.3, -0.25) is 0 Å². The normalized spacial score (nSPS) is 10.8. The largest absolute Gasteiger partial charge is 0.619 e. The van der Waals surface area contributed by atoms with E-state index in [9.17, 15) is 18.4 Å². The molecular formula is C12H7ClF3NO2. The summed E-state index contributed by atoms with van der Waals surface area (Å²) >= 11 is 5.61. The van der Waals surface area contributed by atoms with Crippen molar-refractivity contribution in [2.24, 2.45) is 0 Å². The first kappa shape index (κ1) is 13.5. The topological polar surface area (TPSA) is 36.2 Å². The average Bonchev–Trinajstić information content (AvgIpc) is 2.33. The van der Waals surface area contributed by atoms with E-state index in [4.69, 9.17) is 11.6 Å². The molecule has 0 radical (unpaired) electrons. The number of pyridine rings is 1. The number of rotatable bonds is 3. The number of hydrogen-bond donors (Lipinski definition) is 0. The van der Waals surface area contributed by atoms with Crippen molar-refractivity contribution >= 4 is 11.6 Å². The number of aromatic nitrogens is 1. The Bertz CT molecular complexity index is 608. The lowest BCUT2D eigenvalue weighted by atomic mass is 10.1. The Labute approximate surface area is 111 Å². The van der Waals surface area contributed by atoms with Crippen LogP contribution >= 0.6 is 11.6 Å². The van der Waals surface area contributed by atoms with Gasteiger partial charge in [0.1, 0.15) is 5.75 Å². The van der Waals surface area contributed by atoms with Gasteiger partial charge in [0.15, 0.2) is 18.2 Å². The second-order valence-electron chi connectivity index (χ2n) is 3.57. The summed E-state index contributed by atoms with van der Waals surface area (Å²) in [6.45, 7) is -3.11. The van der Waals surface area contributed by atoms with Crippen LogP contribution in [-0.2, 0) is 0 Å². The third-order valence-corrected chi connectivity index (χ3v) is 2.63. The minimum absolute atomic E-state index is 0.0909. The Balaban J connectivity index is 2.62. The fourth-order valence-corrected chi connectivity index (χ4v) is 1.76. The third kappa shape index (κ3) is 2.90. The molecule has 1 aromatic heterocycles. The molecule has 2 rings (SSSR count). The van der Waals surface area contributed by atoms with E-state index in [1.54, 1.807) is 0 Å². The van der Waals surface area contributed by atoms with E-state index in [2.05, 4.69) is 4.74 Å². The Morgan fingerprint density at radius 1 is 1.26 bits per heavy atom. The van der Waals surface area contributed by atoms with Crippen molar-refractivity contribution in [3.8, 4) is 16.9 Å². The van der Waals surface area contributed by atoms with Gasteiger partial charge in [-0.05, 0) is 18.2 Å². The number of halogens is 4. The molecule has 2 aromatic rings. The van der Waals surface area contributed by atoms with E-state index in [0.29, 0.717) is 4.73 Å². The SMILES string of the molecule is [O-][n+]1cccc(-c2c(OC(F)F)ccc(Cl)c2F)c1. The first-order valence-corrected chi connectivity index (χ1v) is 5.49. The van der Waals surface area contributed by atoms with Crippen LogP contribution < -0.4 is 9.47 Å². The molecule has 0 spiro atoms. The molecule has 0 atom stereocenters. The monoisotopic (exact) mass is 289 g/mol. The van der Waals surface area contributed by atoms with E-state index < -0.39 is 12.4 Å². The lowest BCUT2D eigenvalue weighted by Gasteiger charge is -2.12. The number of alkyl halides is 2. The van der Waals surface area contributed by atoms with Gasteiger partial charge in [0.2, 0.25) is 0 Å². The zero-order valence-corrected chi connectivity index (χ0v) is 10.1. The standard InChI is InChI=1S/C12H7ClF3NO2/c13-8-3-4-9(19-12(15)16)10(11(8)14)7-2-1-5-17(18)6-7/h1-6,12H. The second-order valence-corrected chi connectivity index (χ2v) is 3.97. The van der Waals surface area contributed by atoms with Gasteiger partial charge in [0.25, 0.3) is 0 Å². The highest BCUT2D eigenvalue weighted by atomic mass is 35.5. The van der Waals surface area contributed by atoms with E-state index in [0.717, 1.165) is 18.3 Å². The van der Waals surface area contributed by atoms with Gasteiger partial charge >= 0.3 is 6.61 Å². The highest BCUT2D eigenvalue weighted by molar-refractivity contribution is 6.31. The predicted molar refractivity (Wildman–Crippen MR) is 62.4 cm³/mol. The molecule has 0 fully saturated rings. The maximum absolute atomic E-state index is 14.0. The molecule has 0 saturated carbocycles. The predicted octanol–water partition coefficient (Wildman–Crippen LogP) is 3.38. The summed E-state index contributed by atoms with van der Waals surface area (Å²) in [4.78, 5) is 0. The van der Waals surface area contributed by atoms with Gasteiger partial charge in [-0.15, -0.1) is 0 Å². The molecule has 3 nitrogen and oxygen atoms in total. The van der Waals surface area contributed by atoms with Crippen molar-refractivity contribution < 1.29 is 22.6 Å². The van der Waals surface area contributed by atoms with Crippen LogP contribution in [0.1, 0.15) is 0 Å². The molecule has 0 aliphatic carbocycles. The molecule has 100 valence electrons. The highest BCUT2D eigenvalue weighted by Gasteiger charge is 2.19. The molecule has 0 bridgehead atoms. The number of hydrogen-bond acceptors (Lipinski definition) is 2. The molecule has 0 aliphatic rings. The van der Waals surface area contributed by atoms with Crippen LogP contribution in [0.4, 0.5) is 13.2 Å². The Morgan fingerprint density at radius 3 is 2.63 bits per heavy atom. The van der Waals surface area contributed by atoms with E-state index in [1.165, 1.54) is 18.3 Å². The molecule has 0 N–H and O–H groups in total. The summed E-state index contributed by atoms with van der Waals surface area (Å²) in [7, 11) is 0. The Kier molecular flexibility index (Phi) is 3.80. The highest BCUT2D eigenvalue weighted by Crippen LogP contribution is 2.36. The number of benzene rings is 1. The summed E-state index contributed by atoms with van der Waals surface area (Å²) in [6, 6.07) is 4.97. The van der Waals surface area contributed by atoms with Crippen LogP contribution in [0.25, 0.3) is 11.1 Å². The Morgan fingerprint density at radius 2 is 2.00 bits per heavy atom. The fourth-order valence-electron chi connectivity index (χ4n) is 1.60. The third-order valence-electron chi connectivity index (χ3n) is 2.34. The van der Waals surface area contributed by atoms with Crippen LogP contribution in [0.2, 0.25) is 5.02 Å². The van der Waals surface area contributed by atoms with Crippen molar-refractivity contribution in [1.29, 1.82) is 0 Å². The van der Waals surface area contributed by atoms with Gasteiger partial charge in [0, 0.05) is 6.07 Å². The van der Waals surface area contributed by atoms with E-state index >= 15 is 0 Å². The van der Waals surface area contributed by atoms with Gasteiger partial charge in [-0.2, -0.15) is 13.5 Å². The molecule has 1 aromatic carbocycles. The van der Waals surface area contributed by atoms with Crippen LogP contribution in [0.15, 0.2) is 36.7 Å². The van der Waals surface area contributed by atoms with Crippen molar-refractivity contribution in [3.63, 3.8) is 0 Å². The lowest BCUT2D eigenvalue weighted by Crippen LogP contribution is -2.24. The molecule has 1 heterocycles. The van der Waals surface area contributed by atoms with Crippen LogP contribution in [-0.4, -0.2) is 6.61 Å². The quantitative estimate of drug-likeness (QED) is 0.641. The van der Waals surface area contributed by atoms with Crippen LogP contribution in [0, 0.1) is 11.0 Å². The summed E-state index contributed by atoms with van der Waals surface area (Å²) < 4.78 is 43.2. The zero-order chi connectivity index (χ0) is 14.0. The van der Waals surface area contributed by atoms with Crippen LogP contribution in [0.3, 0.4) is 0 Å². The molecule has 0 saturated heterocycles. The van der Waals surface area contributed by atoms with Gasteiger partial charge in [-0.1, -0.05) is 11.6 Å². The van der Waals surface area contributed by atoms with Crippen molar-refractivity contribution in [1.82, 2.24) is 0 Å². The molecule has 0 amide bonds. The molecular weight excluding hydrogens is 283 g/mol. The first-order valence-electron chi connectivity index (χ1n) is 5.11. The fraction of sp³-hybridized carbons (Fsp3) is 0.0833. The lowest BCUT2D eigenvalue weighted by molar-refractivity contribution is -0.604. The molecule has 7 heteroatoms. The van der Waals surface area contributed by atoms with Crippen molar-refractivity contribution in [3.05, 3.63) is 52.7 Å². The Hall–Kier alpha value is -1.95. The average molecular weight is 290 g/mol. The van der Waals surface area contributed by atoms with E-state index in [1.807, 2.05) is 0 Å². The summed E-state index contributed by atoms with van der Waals surface area (Å²) in [6.07, 6.45) is 2.21. The second kappa shape index (κ2) is 5.36. The number of ether oxygens (including phenoxy) is 1. The summed E-state index contributed by atoms with van der Waals surface area (Å²) in [5, 5.41) is 10.9. The van der Waals surface area contributed by atoms with Gasteiger partial charge in [0.05, 0.1) is 16.1 Å². The summed E-state index contributed by atoms with van der Waals surface area (Å²) in [5.41, 5.74) is -0.189. The van der Waals surface area contributed by atoms with Gasteiger partial charge in [-0.25, -0.2) is 4.39 Å². The molecule has 0 aliphatic heterocycles. The maximum atomic E-state index is 14.0. The van der Waals surface area contributed by atoms with Crippen LogP contribution in [0.5, 0.6) is 5.75 Å². The van der Waals surface area contributed by atoms with Gasteiger partial charge < -0.3 is 9.94 Å². The smallest absolute Gasteiger partial charge is 0.387 e. The zero-order valence-electron chi connectivity index (χ0n) is 9.32. The first-order chi connectivity index (χ1) is 8.99. The van der Waals surface area contributed by atoms with E-state index in [-0.39, 0.29) is 21.9 Å².